The molecular weight excluding hydrogens is 299 g/mol. The summed E-state index contributed by atoms with van der Waals surface area (Å²) in [5.41, 5.74) is -0.498. The largest absolute Gasteiger partial charge is 0.480 e. The number of rotatable bonds is 5. The summed E-state index contributed by atoms with van der Waals surface area (Å²) in [4.78, 5) is 24.3. The summed E-state index contributed by atoms with van der Waals surface area (Å²) in [6.07, 6.45) is 0. The van der Waals surface area contributed by atoms with Gasteiger partial charge in [0.05, 0.1) is 18.8 Å². The van der Waals surface area contributed by atoms with Crippen LogP contribution in [0.4, 0.5) is 10.1 Å². The molecule has 0 saturated heterocycles. The fraction of sp³-hybridized carbons (Fsp3) is 0.429. The molecule has 0 heterocycles. The third-order valence-corrected chi connectivity index (χ3v) is 3.05. The third-order valence-electron chi connectivity index (χ3n) is 2.81. The normalized spacial score (nSPS) is 11.5. The molecule has 2 N–H and O–H groups in total. The molecule has 0 aromatic heterocycles. The molecule has 0 aliphatic carbocycles. The minimum absolute atomic E-state index is 0.00795. The van der Waals surface area contributed by atoms with Crippen LogP contribution in [0, 0.1) is 5.82 Å². The number of aliphatic carboxylic acids is 1. The van der Waals surface area contributed by atoms with E-state index in [2.05, 4.69) is 5.32 Å². The van der Waals surface area contributed by atoms with Gasteiger partial charge in [-0.05, 0) is 39.0 Å². The highest BCUT2D eigenvalue weighted by Gasteiger charge is 2.25. The first-order valence-electron chi connectivity index (χ1n) is 6.31. The van der Waals surface area contributed by atoms with Gasteiger partial charge in [-0.15, -0.1) is 0 Å². The second-order valence-corrected chi connectivity index (χ2v) is 6.03. The van der Waals surface area contributed by atoms with Crippen molar-refractivity contribution in [3.63, 3.8) is 0 Å². The van der Waals surface area contributed by atoms with Gasteiger partial charge in [0.2, 0.25) is 5.91 Å². The molecule has 1 rings (SSSR count). The van der Waals surface area contributed by atoms with Crippen LogP contribution in [0.2, 0.25) is 5.02 Å². The third kappa shape index (κ3) is 5.69. The zero-order valence-corrected chi connectivity index (χ0v) is 12.9. The Hall–Kier alpha value is -1.66. The Morgan fingerprint density at radius 2 is 1.95 bits per heavy atom. The Morgan fingerprint density at radius 1 is 1.33 bits per heavy atom. The zero-order valence-electron chi connectivity index (χ0n) is 12.1. The van der Waals surface area contributed by atoms with E-state index in [1.807, 2.05) is 0 Å². The molecule has 0 unspecified atom stereocenters. The van der Waals surface area contributed by atoms with Gasteiger partial charge in [-0.3, -0.25) is 14.5 Å². The summed E-state index contributed by atoms with van der Waals surface area (Å²) in [7, 11) is 0. The van der Waals surface area contributed by atoms with E-state index in [0.717, 1.165) is 6.07 Å². The van der Waals surface area contributed by atoms with Gasteiger partial charge in [-0.1, -0.05) is 11.6 Å². The van der Waals surface area contributed by atoms with Crippen molar-refractivity contribution in [2.75, 3.05) is 18.4 Å². The summed E-state index contributed by atoms with van der Waals surface area (Å²) in [6.45, 7) is 4.96. The molecule has 0 aliphatic rings. The van der Waals surface area contributed by atoms with Crippen LogP contribution in [-0.4, -0.2) is 40.5 Å². The summed E-state index contributed by atoms with van der Waals surface area (Å²) in [6, 6.07) is 3.91. The van der Waals surface area contributed by atoms with Crippen LogP contribution in [-0.2, 0) is 9.59 Å². The lowest BCUT2D eigenvalue weighted by Crippen LogP contribution is -2.48. The van der Waals surface area contributed by atoms with Crippen molar-refractivity contribution in [2.45, 2.75) is 26.3 Å². The number of benzene rings is 1. The van der Waals surface area contributed by atoms with Gasteiger partial charge in [0, 0.05) is 10.6 Å². The number of halogens is 2. The molecule has 5 nitrogen and oxygen atoms in total. The molecule has 0 fully saturated rings. The van der Waals surface area contributed by atoms with Crippen molar-refractivity contribution in [2.24, 2.45) is 0 Å². The maximum absolute atomic E-state index is 13.6. The maximum Gasteiger partial charge on any atom is 0.317 e. The van der Waals surface area contributed by atoms with Crippen molar-refractivity contribution in [1.82, 2.24) is 4.90 Å². The zero-order chi connectivity index (χ0) is 16.2. The van der Waals surface area contributed by atoms with Gasteiger partial charge in [-0.25, -0.2) is 4.39 Å². The second kappa shape index (κ2) is 6.87. The first-order valence-corrected chi connectivity index (χ1v) is 6.69. The fourth-order valence-electron chi connectivity index (χ4n) is 1.65. The standard InChI is InChI=1S/C14H18ClFN2O3/c1-14(2,3)18(8-13(20)21)7-12(19)17-11-5-4-9(15)6-10(11)16/h4-6H,7-8H2,1-3H3,(H,17,19)(H,20,21). The molecule has 0 bridgehead atoms. The quantitative estimate of drug-likeness (QED) is 0.876. The van der Waals surface area contributed by atoms with E-state index >= 15 is 0 Å². The van der Waals surface area contributed by atoms with E-state index in [1.54, 1.807) is 20.8 Å². The van der Waals surface area contributed by atoms with Crippen LogP contribution in [0.3, 0.4) is 0 Å². The lowest BCUT2D eigenvalue weighted by molar-refractivity contribution is -0.140. The number of hydrogen-bond acceptors (Lipinski definition) is 3. The van der Waals surface area contributed by atoms with Crippen LogP contribution in [0.15, 0.2) is 18.2 Å². The van der Waals surface area contributed by atoms with Gasteiger partial charge in [0.25, 0.3) is 0 Å². The number of nitrogens with one attached hydrogen (secondary N) is 1. The second-order valence-electron chi connectivity index (χ2n) is 5.59. The van der Waals surface area contributed by atoms with Crippen molar-refractivity contribution in [3.8, 4) is 0 Å². The molecule has 1 aromatic rings. The van der Waals surface area contributed by atoms with Crippen LogP contribution < -0.4 is 5.32 Å². The fourth-order valence-corrected chi connectivity index (χ4v) is 1.81. The Morgan fingerprint density at radius 3 is 2.43 bits per heavy atom. The number of carbonyl (C=O) groups excluding carboxylic acids is 1. The van der Waals surface area contributed by atoms with Crippen molar-refractivity contribution in [3.05, 3.63) is 29.0 Å². The van der Waals surface area contributed by atoms with E-state index in [1.165, 1.54) is 17.0 Å². The van der Waals surface area contributed by atoms with Crippen LogP contribution >= 0.6 is 11.6 Å². The minimum Gasteiger partial charge on any atom is -0.480 e. The Balaban J connectivity index is 2.76. The number of anilines is 1. The number of nitrogens with zero attached hydrogens (tertiary/aromatic N) is 1. The van der Waals surface area contributed by atoms with Gasteiger partial charge in [0.1, 0.15) is 5.82 Å². The predicted octanol–water partition coefficient (Wildman–Crippen LogP) is 2.60. The van der Waals surface area contributed by atoms with Crippen LogP contribution in [0.25, 0.3) is 0 Å². The Kier molecular flexibility index (Phi) is 5.69. The highest BCUT2D eigenvalue weighted by Crippen LogP contribution is 2.19. The highest BCUT2D eigenvalue weighted by molar-refractivity contribution is 6.30. The van der Waals surface area contributed by atoms with Gasteiger partial charge >= 0.3 is 5.97 Å². The van der Waals surface area contributed by atoms with E-state index in [9.17, 15) is 14.0 Å². The first-order chi connectivity index (χ1) is 9.59. The monoisotopic (exact) mass is 316 g/mol. The predicted molar refractivity (Wildman–Crippen MR) is 79.0 cm³/mol. The van der Waals surface area contributed by atoms with E-state index in [-0.39, 0.29) is 23.8 Å². The van der Waals surface area contributed by atoms with Crippen LogP contribution in [0.5, 0.6) is 0 Å². The molecular formula is C14H18ClFN2O3. The Bertz CT molecular complexity index is 544. The smallest absolute Gasteiger partial charge is 0.317 e. The molecule has 21 heavy (non-hydrogen) atoms. The van der Waals surface area contributed by atoms with E-state index in [0.29, 0.717) is 0 Å². The molecule has 7 heteroatoms. The number of carboxylic acid groups (broad SMARTS) is 1. The number of hydrogen-bond donors (Lipinski definition) is 2. The molecule has 0 spiro atoms. The summed E-state index contributed by atoms with van der Waals surface area (Å²) in [5, 5.41) is 11.5. The maximum atomic E-state index is 13.6. The van der Waals surface area contributed by atoms with E-state index < -0.39 is 23.2 Å². The molecule has 0 aliphatic heterocycles. The summed E-state index contributed by atoms with van der Waals surface area (Å²) in [5.74, 6) is -2.17. The average Bonchev–Trinajstić information content (AvgIpc) is 2.30. The average molecular weight is 317 g/mol. The number of amides is 1. The molecule has 0 atom stereocenters. The summed E-state index contributed by atoms with van der Waals surface area (Å²) >= 11 is 5.63. The lowest BCUT2D eigenvalue weighted by atomic mass is 10.1. The number of carbonyl (C=O) groups is 2. The van der Waals surface area contributed by atoms with Crippen LogP contribution in [0.1, 0.15) is 20.8 Å². The van der Waals surface area contributed by atoms with Crippen molar-refractivity contribution < 1.29 is 19.1 Å². The van der Waals surface area contributed by atoms with Crippen molar-refractivity contribution in [1.29, 1.82) is 0 Å². The van der Waals surface area contributed by atoms with E-state index in [4.69, 9.17) is 16.7 Å². The molecule has 1 amide bonds. The lowest BCUT2D eigenvalue weighted by Gasteiger charge is -2.33. The van der Waals surface area contributed by atoms with Crippen molar-refractivity contribution >= 4 is 29.2 Å². The minimum atomic E-state index is -1.03. The SMILES string of the molecule is CC(C)(C)N(CC(=O)O)CC(=O)Nc1ccc(Cl)cc1F. The Labute approximate surface area is 127 Å². The van der Waals surface area contributed by atoms with Gasteiger partial charge in [0.15, 0.2) is 0 Å². The molecule has 116 valence electrons. The topological polar surface area (TPSA) is 69.6 Å². The van der Waals surface area contributed by atoms with Gasteiger partial charge in [-0.2, -0.15) is 0 Å². The molecule has 1 aromatic carbocycles. The number of carboxylic acids is 1. The molecule has 0 radical (unpaired) electrons. The van der Waals surface area contributed by atoms with Gasteiger partial charge < -0.3 is 10.4 Å². The highest BCUT2D eigenvalue weighted by atomic mass is 35.5. The first kappa shape index (κ1) is 17.4. The molecule has 0 saturated carbocycles. The summed E-state index contributed by atoms with van der Waals surface area (Å²) < 4.78 is 13.6.